The molecule has 4 rings (SSSR count). The first-order valence-electron chi connectivity index (χ1n) is 12.1. The molecule has 1 unspecified atom stereocenters. The van der Waals surface area contributed by atoms with Gasteiger partial charge in [0.2, 0.25) is 0 Å². The molecule has 10 heteroatoms. The SMILES string of the molecule is C.CCCCN(C)C(=O)c1cc(C(C)Nc2cc(F)c(F)c(F)c2)c2nc(N3CCOCC3)cnc2c1. The summed E-state index contributed by atoms with van der Waals surface area (Å²) in [5.41, 5.74) is 2.24. The quantitative estimate of drug-likeness (QED) is 0.394. The van der Waals surface area contributed by atoms with Crippen LogP contribution in [0.1, 0.15) is 56.1 Å². The summed E-state index contributed by atoms with van der Waals surface area (Å²) in [5, 5.41) is 3.01. The number of hydrogen-bond acceptors (Lipinski definition) is 6. The second-order valence-corrected chi connectivity index (χ2v) is 8.96. The molecule has 1 amide bonds. The van der Waals surface area contributed by atoms with Crippen LogP contribution in [0.5, 0.6) is 0 Å². The molecule has 0 saturated carbocycles. The highest BCUT2D eigenvalue weighted by molar-refractivity contribution is 5.98. The number of benzene rings is 2. The lowest BCUT2D eigenvalue weighted by Gasteiger charge is -2.28. The average molecular weight is 518 g/mol. The minimum atomic E-state index is -1.53. The van der Waals surface area contributed by atoms with Crippen LogP contribution in [0.2, 0.25) is 0 Å². The van der Waals surface area contributed by atoms with Crippen LogP contribution in [-0.4, -0.2) is 60.7 Å². The summed E-state index contributed by atoms with van der Waals surface area (Å²) in [6.07, 6.45) is 3.52. The van der Waals surface area contributed by atoms with E-state index in [4.69, 9.17) is 9.72 Å². The van der Waals surface area contributed by atoms with Crippen molar-refractivity contribution in [2.75, 3.05) is 50.1 Å². The highest BCUT2D eigenvalue weighted by Gasteiger charge is 2.21. The molecule has 0 spiro atoms. The van der Waals surface area contributed by atoms with Gasteiger partial charge in [-0.2, -0.15) is 0 Å². The number of amides is 1. The highest BCUT2D eigenvalue weighted by Crippen LogP contribution is 2.30. The number of anilines is 2. The number of fused-ring (bicyclic) bond motifs is 1. The van der Waals surface area contributed by atoms with E-state index >= 15 is 0 Å². The zero-order valence-electron chi connectivity index (χ0n) is 20.7. The van der Waals surface area contributed by atoms with Crippen molar-refractivity contribution in [2.24, 2.45) is 0 Å². The number of rotatable bonds is 8. The maximum atomic E-state index is 13.8. The molecule has 7 nitrogen and oxygen atoms in total. The molecule has 3 aromatic rings. The van der Waals surface area contributed by atoms with Crippen molar-refractivity contribution in [1.29, 1.82) is 0 Å². The van der Waals surface area contributed by atoms with Crippen LogP contribution in [0.3, 0.4) is 0 Å². The Labute approximate surface area is 215 Å². The molecule has 0 aliphatic carbocycles. The van der Waals surface area contributed by atoms with Crippen LogP contribution < -0.4 is 10.2 Å². The standard InChI is InChI=1S/C26H30F3N5O2.CH4/c1-4-5-6-33(3)26(35)17-11-19(16(2)31-18-13-20(27)24(29)21(28)14-18)25-22(12-17)30-15-23(32-25)34-7-9-36-10-8-34;/h11-16,31H,4-10H2,1-3H3;1H4. The smallest absolute Gasteiger partial charge is 0.253 e. The van der Waals surface area contributed by atoms with Gasteiger partial charge in [0.1, 0.15) is 5.82 Å². The van der Waals surface area contributed by atoms with Gasteiger partial charge in [-0.15, -0.1) is 0 Å². The topological polar surface area (TPSA) is 70.6 Å². The van der Waals surface area contributed by atoms with Crippen molar-refractivity contribution in [1.82, 2.24) is 14.9 Å². The number of morpholine rings is 1. The van der Waals surface area contributed by atoms with Crippen LogP contribution in [0.4, 0.5) is 24.7 Å². The molecule has 200 valence electrons. The number of nitrogens with zero attached hydrogens (tertiary/aromatic N) is 4. The Bertz CT molecular complexity index is 1230. The molecule has 1 atom stereocenters. The molecule has 1 N–H and O–H groups in total. The van der Waals surface area contributed by atoms with Gasteiger partial charge in [-0.1, -0.05) is 20.8 Å². The van der Waals surface area contributed by atoms with Crippen molar-refractivity contribution < 1.29 is 22.7 Å². The minimum absolute atomic E-state index is 0. The van der Waals surface area contributed by atoms with E-state index in [-0.39, 0.29) is 19.0 Å². The van der Waals surface area contributed by atoms with E-state index < -0.39 is 23.5 Å². The largest absolute Gasteiger partial charge is 0.378 e. The molecule has 0 bridgehead atoms. The van der Waals surface area contributed by atoms with E-state index in [1.807, 2.05) is 0 Å². The summed E-state index contributed by atoms with van der Waals surface area (Å²) < 4.78 is 46.5. The average Bonchev–Trinajstić information content (AvgIpc) is 2.89. The molecular formula is C27H34F3N5O2. The molecule has 2 heterocycles. The Balaban J connectivity index is 0.00000380. The van der Waals surface area contributed by atoms with Gasteiger partial charge in [-0.3, -0.25) is 9.78 Å². The fourth-order valence-corrected chi connectivity index (χ4v) is 4.21. The summed E-state index contributed by atoms with van der Waals surface area (Å²) in [6.45, 7) is 6.99. The van der Waals surface area contributed by atoms with Crippen LogP contribution in [0, 0.1) is 17.5 Å². The van der Waals surface area contributed by atoms with E-state index in [9.17, 15) is 18.0 Å². The second-order valence-electron chi connectivity index (χ2n) is 8.96. The molecule has 1 saturated heterocycles. The van der Waals surface area contributed by atoms with Crippen molar-refractivity contribution in [3.63, 3.8) is 0 Å². The first-order chi connectivity index (χ1) is 17.3. The van der Waals surface area contributed by atoms with Gasteiger partial charge in [-0.05, 0) is 25.5 Å². The molecule has 0 radical (unpaired) electrons. The van der Waals surface area contributed by atoms with Crippen LogP contribution in [0.15, 0.2) is 30.5 Å². The van der Waals surface area contributed by atoms with E-state index in [0.717, 1.165) is 25.0 Å². The van der Waals surface area contributed by atoms with Crippen LogP contribution in [-0.2, 0) is 4.74 Å². The Morgan fingerprint density at radius 1 is 1.16 bits per heavy atom. The van der Waals surface area contributed by atoms with Gasteiger partial charge in [0, 0.05) is 55.6 Å². The second kappa shape index (κ2) is 12.2. The third-order valence-corrected chi connectivity index (χ3v) is 6.27. The van der Waals surface area contributed by atoms with Gasteiger partial charge < -0.3 is 19.9 Å². The van der Waals surface area contributed by atoms with E-state index in [2.05, 4.69) is 22.1 Å². The predicted molar refractivity (Wildman–Crippen MR) is 140 cm³/mol. The monoisotopic (exact) mass is 517 g/mol. The number of unbranched alkanes of at least 4 members (excludes halogenated alkanes) is 1. The number of aromatic nitrogens is 2. The zero-order valence-corrected chi connectivity index (χ0v) is 20.7. The van der Waals surface area contributed by atoms with Gasteiger partial charge in [0.15, 0.2) is 17.5 Å². The highest BCUT2D eigenvalue weighted by atomic mass is 19.2. The van der Waals surface area contributed by atoms with Crippen LogP contribution >= 0.6 is 0 Å². The number of hydrogen-bond donors (Lipinski definition) is 1. The van der Waals surface area contributed by atoms with Gasteiger partial charge >= 0.3 is 0 Å². The summed E-state index contributed by atoms with van der Waals surface area (Å²) in [7, 11) is 1.75. The van der Waals surface area contributed by atoms with Gasteiger partial charge in [-0.25, -0.2) is 18.2 Å². The normalized spacial score (nSPS) is 14.3. The van der Waals surface area contributed by atoms with Crippen molar-refractivity contribution in [2.45, 2.75) is 40.2 Å². The first-order valence-corrected chi connectivity index (χ1v) is 12.1. The maximum absolute atomic E-state index is 13.8. The molecule has 2 aromatic carbocycles. The lowest BCUT2D eigenvalue weighted by molar-refractivity contribution is 0.0793. The third-order valence-electron chi connectivity index (χ3n) is 6.27. The molecule has 1 aliphatic heterocycles. The van der Waals surface area contributed by atoms with Crippen molar-refractivity contribution >= 4 is 28.4 Å². The fourth-order valence-electron chi connectivity index (χ4n) is 4.21. The zero-order chi connectivity index (χ0) is 25.8. The number of ether oxygens (including phenoxy) is 1. The van der Waals surface area contributed by atoms with Crippen LogP contribution in [0.25, 0.3) is 11.0 Å². The molecular weight excluding hydrogens is 483 g/mol. The lowest BCUT2D eigenvalue weighted by atomic mass is 10.0. The fraction of sp³-hybridized carbons (Fsp3) is 0.444. The molecule has 1 fully saturated rings. The molecule has 1 aliphatic rings. The van der Waals surface area contributed by atoms with Crippen molar-refractivity contribution in [3.8, 4) is 0 Å². The van der Waals surface area contributed by atoms with E-state index in [1.54, 1.807) is 37.2 Å². The van der Waals surface area contributed by atoms with E-state index in [1.165, 1.54) is 0 Å². The Morgan fingerprint density at radius 2 is 1.84 bits per heavy atom. The lowest BCUT2D eigenvalue weighted by Crippen LogP contribution is -2.36. The summed E-state index contributed by atoms with van der Waals surface area (Å²) in [6, 6.07) is 4.72. The summed E-state index contributed by atoms with van der Waals surface area (Å²) in [5.74, 6) is -3.58. The number of carbonyl (C=O) groups is 1. The third kappa shape index (κ3) is 6.30. The number of halogens is 3. The summed E-state index contributed by atoms with van der Waals surface area (Å²) in [4.78, 5) is 26.3. The van der Waals surface area contributed by atoms with Gasteiger partial charge in [0.05, 0.1) is 36.5 Å². The molecule has 1 aromatic heterocycles. The Hall–Kier alpha value is -3.40. The Kier molecular flexibility index (Phi) is 9.31. The van der Waals surface area contributed by atoms with E-state index in [0.29, 0.717) is 60.8 Å². The number of carbonyl (C=O) groups excluding carboxylic acids is 1. The Morgan fingerprint density at radius 3 is 2.49 bits per heavy atom. The molecule has 37 heavy (non-hydrogen) atoms. The summed E-state index contributed by atoms with van der Waals surface area (Å²) >= 11 is 0. The maximum Gasteiger partial charge on any atom is 0.253 e. The first kappa shape index (κ1) is 28.2. The predicted octanol–water partition coefficient (Wildman–Crippen LogP) is 5.57. The van der Waals surface area contributed by atoms with Crippen molar-refractivity contribution in [3.05, 3.63) is 59.0 Å². The number of nitrogens with one attached hydrogen (secondary N) is 1. The van der Waals surface area contributed by atoms with Gasteiger partial charge in [0.25, 0.3) is 5.91 Å². The minimum Gasteiger partial charge on any atom is -0.378 e.